The molecule has 2 fully saturated rings. The number of carbonyl (C=O) groups is 3. The molecular weight excluding hydrogens is 420 g/mol. The van der Waals surface area contributed by atoms with Crippen LogP contribution in [-0.2, 0) is 10.3 Å². The van der Waals surface area contributed by atoms with Crippen molar-refractivity contribution in [1.29, 1.82) is 0 Å². The van der Waals surface area contributed by atoms with Crippen LogP contribution in [0.25, 0.3) is 0 Å². The van der Waals surface area contributed by atoms with Crippen LogP contribution >= 0.6 is 0 Å². The maximum Gasteiger partial charge on any atom is 0.420 e. The normalized spacial score (nSPS) is 26.7. The van der Waals surface area contributed by atoms with Crippen LogP contribution in [0.1, 0.15) is 40.7 Å². The molecule has 1 unspecified atom stereocenters. The first-order chi connectivity index (χ1) is 15.8. The highest BCUT2D eigenvalue weighted by Crippen LogP contribution is 2.49. The maximum absolute atomic E-state index is 13.1. The van der Waals surface area contributed by atoms with Crippen molar-refractivity contribution in [2.75, 3.05) is 19.6 Å². The number of hydrogen-bond donors (Lipinski definition) is 3. The summed E-state index contributed by atoms with van der Waals surface area (Å²) in [7, 11) is 0. The number of likely N-dealkylation sites (tertiary alicyclic amines) is 2. The van der Waals surface area contributed by atoms with E-state index in [1.54, 1.807) is 53.4 Å². The number of aliphatic hydroxyl groups is 1. The number of aliphatic hydroxyl groups excluding tert-OH is 1. The second kappa shape index (κ2) is 8.35. The summed E-state index contributed by atoms with van der Waals surface area (Å²) in [6, 6.07) is 12.2. The smallest absolute Gasteiger partial charge is 0.387 e. The number of rotatable bonds is 4. The van der Waals surface area contributed by atoms with Gasteiger partial charge in [-0.2, -0.15) is 4.48 Å². The Morgan fingerprint density at radius 2 is 1.64 bits per heavy atom. The first kappa shape index (κ1) is 22.5. The number of quaternary nitrogens is 1. The summed E-state index contributed by atoms with van der Waals surface area (Å²) in [6.45, 7) is 1.31. The minimum atomic E-state index is -1.65. The van der Waals surface area contributed by atoms with Crippen molar-refractivity contribution in [3.8, 4) is 12.3 Å². The molecule has 0 aliphatic carbocycles. The van der Waals surface area contributed by atoms with E-state index >= 15 is 0 Å². The molecule has 0 aromatic heterocycles. The molecule has 0 saturated carbocycles. The Morgan fingerprint density at radius 1 is 1.03 bits per heavy atom. The Morgan fingerprint density at radius 3 is 2.15 bits per heavy atom. The van der Waals surface area contributed by atoms with Crippen molar-refractivity contribution in [2.24, 2.45) is 11.5 Å². The van der Waals surface area contributed by atoms with Gasteiger partial charge in [0.05, 0.1) is 0 Å². The molecular formula is C25H27N4O4+. The zero-order chi connectivity index (χ0) is 23.8. The molecule has 0 radical (unpaired) electrons. The molecule has 4 rings (SSSR count). The van der Waals surface area contributed by atoms with Gasteiger partial charge >= 0.3 is 6.03 Å². The quantitative estimate of drug-likeness (QED) is 0.484. The summed E-state index contributed by atoms with van der Waals surface area (Å²) in [5.41, 5.74) is 12.1. The minimum absolute atomic E-state index is 0.0841. The predicted octanol–water partition coefficient (Wildman–Crippen LogP) is 1.44. The van der Waals surface area contributed by atoms with Crippen molar-refractivity contribution < 1.29 is 19.5 Å². The van der Waals surface area contributed by atoms with Gasteiger partial charge in [0, 0.05) is 48.3 Å². The molecule has 170 valence electrons. The van der Waals surface area contributed by atoms with E-state index in [9.17, 15) is 19.5 Å². The molecule has 2 aliphatic heterocycles. The molecule has 3 atom stereocenters. The van der Waals surface area contributed by atoms with Crippen molar-refractivity contribution in [3.05, 3.63) is 65.2 Å². The van der Waals surface area contributed by atoms with E-state index in [1.165, 1.54) is 0 Å². The lowest BCUT2D eigenvalue weighted by Gasteiger charge is -2.42. The van der Waals surface area contributed by atoms with Crippen molar-refractivity contribution in [1.82, 2.24) is 9.38 Å². The van der Waals surface area contributed by atoms with Crippen LogP contribution in [0.3, 0.4) is 0 Å². The minimum Gasteiger partial charge on any atom is -0.387 e. The van der Waals surface area contributed by atoms with E-state index < -0.39 is 28.1 Å². The zero-order valence-electron chi connectivity index (χ0n) is 18.2. The second-order valence-electron chi connectivity index (χ2n) is 8.68. The Hall–Kier alpha value is -3.67. The van der Waals surface area contributed by atoms with Crippen LogP contribution in [0.4, 0.5) is 10.5 Å². The van der Waals surface area contributed by atoms with Gasteiger partial charge < -0.3 is 21.5 Å². The molecule has 4 amide bonds. The lowest BCUT2D eigenvalue weighted by Crippen LogP contribution is -2.70. The number of hydrogen-bond acceptors (Lipinski definition) is 4. The highest BCUT2D eigenvalue weighted by Gasteiger charge is 2.68. The van der Waals surface area contributed by atoms with Crippen LogP contribution in [0, 0.1) is 12.3 Å². The molecule has 33 heavy (non-hydrogen) atoms. The number of primary amides is 2. The van der Waals surface area contributed by atoms with Crippen LogP contribution in [0.5, 0.6) is 0 Å². The maximum atomic E-state index is 13.1. The lowest BCUT2D eigenvalue weighted by atomic mass is 9.83. The van der Waals surface area contributed by atoms with Crippen molar-refractivity contribution >= 4 is 23.5 Å². The van der Waals surface area contributed by atoms with Crippen LogP contribution in [0.15, 0.2) is 48.5 Å². The van der Waals surface area contributed by atoms with Gasteiger partial charge in [0.2, 0.25) is 5.54 Å². The van der Waals surface area contributed by atoms with Gasteiger partial charge in [-0.1, -0.05) is 18.1 Å². The van der Waals surface area contributed by atoms with Crippen LogP contribution in [0.2, 0.25) is 0 Å². The fraction of sp³-hybridized carbons (Fsp3) is 0.320. The highest BCUT2D eigenvalue weighted by molar-refractivity contribution is 6.00. The van der Waals surface area contributed by atoms with E-state index in [0.29, 0.717) is 35.5 Å². The predicted molar refractivity (Wildman–Crippen MR) is 124 cm³/mol. The van der Waals surface area contributed by atoms with Gasteiger partial charge in [-0.3, -0.25) is 9.59 Å². The largest absolute Gasteiger partial charge is 0.420 e. The average molecular weight is 448 g/mol. The monoisotopic (exact) mass is 447 g/mol. The molecule has 2 saturated heterocycles. The molecule has 8 heteroatoms. The fourth-order valence-corrected chi connectivity index (χ4v) is 5.34. The Kier molecular flexibility index (Phi) is 5.70. The van der Waals surface area contributed by atoms with Gasteiger partial charge in [0.1, 0.15) is 18.3 Å². The summed E-state index contributed by atoms with van der Waals surface area (Å²) in [6.07, 6.45) is 6.30. The standard InChI is InChI=1S/C25H26N4O4/c1-2-17-5-11-20(12-6-17)29(24(27)33)16-21(30)15-25(29,23(26)32)19-9-7-18(8-10-19)22(31)28-13-3-4-14-28/h1,5-12,21,30H,3-4,13-16H2,(H3-,26,27,32,33)/p+1/t21-,25-,29?/m1/s1. The van der Waals surface area contributed by atoms with E-state index in [0.717, 1.165) is 12.8 Å². The Balaban J connectivity index is 1.85. The molecule has 2 aliphatic rings. The molecule has 2 aromatic rings. The SMILES string of the molecule is C#Cc1ccc([N+]2(C(N)=O)C[C@H](O)C[C@]2(C(N)=O)c2ccc(C(=O)N3CCCC3)cc2)cc1. The van der Waals surface area contributed by atoms with Gasteiger partial charge in [0.25, 0.3) is 11.8 Å². The van der Waals surface area contributed by atoms with Crippen molar-refractivity contribution in [2.45, 2.75) is 30.9 Å². The van der Waals surface area contributed by atoms with Crippen LogP contribution in [-0.4, -0.2) is 53.6 Å². The number of amides is 4. The van der Waals surface area contributed by atoms with Gasteiger partial charge in [-0.25, -0.2) is 4.79 Å². The molecule has 0 spiro atoms. The summed E-state index contributed by atoms with van der Waals surface area (Å²) in [4.78, 5) is 40.7. The molecule has 8 nitrogen and oxygen atoms in total. The Bertz CT molecular complexity index is 1130. The van der Waals surface area contributed by atoms with E-state index in [4.69, 9.17) is 17.9 Å². The van der Waals surface area contributed by atoms with Gasteiger partial charge in [-0.05, 0) is 37.1 Å². The third-order valence-corrected chi connectivity index (χ3v) is 6.93. The second-order valence-corrected chi connectivity index (χ2v) is 8.68. The third-order valence-electron chi connectivity index (χ3n) is 6.93. The average Bonchev–Trinajstić information content (AvgIpc) is 3.46. The number of benzene rings is 2. The Labute approximate surface area is 192 Å². The molecule has 2 aromatic carbocycles. The lowest BCUT2D eigenvalue weighted by molar-refractivity contribution is -0.127. The number of terminal acetylenes is 1. The van der Waals surface area contributed by atoms with E-state index in [-0.39, 0.29) is 18.9 Å². The molecule has 0 bridgehead atoms. The molecule has 5 N–H and O–H groups in total. The highest BCUT2D eigenvalue weighted by atomic mass is 16.3. The number of urea groups is 1. The number of carbonyl (C=O) groups excluding carboxylic acids is 3. The third kappa shape index (κ3) is 3.37. The first-order valence-electron chi connectivity index (χ1n) is 10.9. The zero-order valence-corrected chi connectivity index (χ0v) is 18.2. The van der Waals surface area contributed by atoms with E-state index in [2.05, 4.69) is 5.92 Å². The van der Waals surface area contributed by atoms with Gasteiger partial charge in [0.15, 0.2) is 0 Å². The molecule has 2 heterocycles. The number of nitrogens with two attached hydrogens (primary N) is 2. The number of nitrogens with zero attached hydrogens (tertiary/aromatic N) is 2. The summed E-state index contributed by atoms with van der Waals surface area (Å²) in [5.74, 6) is 1.63. The van der Waals surface area contributed by atoms with Gasteiger partial charge in [-0.15, -0.1) is 6.42 Å². The van der Waals surface area contributed by atoms with Crippen molar-refractivity contribution in [3.63, 3.8) is 0 Å². The summed E-state index contributed by atoms with van der Waals surface area (Å²) < 4.78 is -0.673. The van der Waals surface area contributed by atoms with E-state index in [1.807, 2.05) is 0 Å². The van der Waals surface area contributed by atoms with Crippen LogP contribution < -0.4 is 16.0 Å². The first-order valence-corrected chi connectivity index (χ1v) is 10.9. The summed E-state index contributed by atoms with van der Waals surface area (Å²) >= 11 is 0. The summed E-state index contributed by atoms with van der Waals surface area (Å²) in [5, 5.41) is 10.7. The topological polar surface area (TPSA) is 127 Å². The fourth-order valence-electron chi connectivity index (χ4n) is 5.34.